The van der Waals surface area contributed by atoms with Crippen LogP contribution in [-0.4, -0.2) is 42.6 Å². The summed E-state index contributed by atoms with van der Waals surface area (Å²) >= 11 is 0. The van der Waals surface area contributed by atoms with Gasteiger partial charge in [0.1, 0.15) is 17.6 Å². The minimum Gasteiger partial charge on any atom is -0.508 e. The molecule has 20 heavy (non-hydrogen) atoms. The molecule has 116 valence electrons. The molecule has 1 aliphatic rings. The molecular weight excluding hydrogens is 316 g/mol. The first-order chi connectivity index (χ1) is 8.59. The van der Waals surface area contributed by atoms with Crippen LogP contribution in [0.4, 0.5) is 13.2 Å². The first-order valence-electron chi connectivity index (χ1n) is 5.81. The van der Waals surface area contributed by atoms with Crippen molar-refractivity contribution in [1.29, 1.82) is 0 Å². The number of hydrogen-bond donors (Lipinski definition) is 2. The van der Waals surface area contributed by atoms with E-state index < -0.39 is 18.3 Å². The molecule has 0 unspecified atom stereocenters. The van der Waals surface area contributed by atoms with Crippen molar-refractivity contribution in [3.8, 4) is 5.75 Å². The van der Waals surface area contributed by atoms with E-state index in [1.807, 2.05) is 0 Å². The number of halogens is 5. The van der Waals surface area contributed by atoms with Gasteiger partial charge in [-0.15, -0.1) is 24.8 Å². The number of nitrogens with one attached hydrogen (secondary N) is 1. The zero-order valence-electron chi connectivity index (χ0n) is 10.6. The van der Waals surface area contributed by atoms with E-state index in [1.165, 1.54) is 0 Å². The lowest BCUT2D eigenvalue weighted by Crippen LogP contribution is -2.46. The van der Waals surface area contributed by atoms with Gasteiger partial charge in [-0.3, -0.25) is 4.90 Å². The summed E-state index contributed by atoms with van der Waals surface area (Å²) in [6, 6.07) is 1.89. The van der Waals surface area contributed by atoms with Gasteiger partial charge in [-0.2, -0.15) is 0 Å². The van der Waals surface area contributed by atoms with Gasteiger partial charge in [0.15, 0.2) is 0 Å². The van der Waals surface area contributed by atoms with Gasteiger partial charge in [0.05, 0.1) is 0 Å². The van der Waals surface area contributed by atoms with Crippen LogP contribution in [0.2, 0.25) is 0 Å². The number of phenols is 1. The Hall–Kier alpha value is -0.690. The molecular formula is C12H17Cl2F3N2O. The van der Waals surface area contributed by atoms with Gasteiger partial charge in [0, 0.05) is 31.7 Å². The fraction of sp³-hybridized carbons (Fsp3) is 0.500. The Kier molecular flexibility index (Phi) is 8.27. The Balaban J connectivity index is 0.00000180. The molecule has 1 fully saturated rings. The van der Waals surface area contributed by atoms with Crippen molar-refractivity contribution < 1.29 is 18.3 Å². The highest BCUT2D eigenvalue weighted by molar-refractivity contribution is 5.85. The Bertz CT molecular complexity index is 418. The maximum Gasteiger partial charge on any atom is 0.258 e. The zero-order chi connectivity index (χ0) is 13.1. The van der Waals surface area contributed by atoms with Crippen LogP contribution < -0.4 is 5.32 Å². The maximum atomic E-state index is 13.2. The van der Waals surface area contributed by atoms with E-state index >= 15 is 0 Å². The Morgan fingerprint density at radius 3 is 2.30 bits per heavy atom. The van der Waals surface area contributed by atoms with Crippen molar-refractivity contribution in [2.45, 2.75) is 12.5 Å². The Morgan fingerprint density at radius 2 is 1.75 bits per heavy atom. The molecule has 0 bridgehead atoms. The largest absolute Gasteiger partial charge is 0.508 e. The topological polar surface area (TPSA) is 35.5 Å². The molecule has 0 aliphatic carbocycles. The summed E-state index contributed by atoms with van der Waals surface area (Å²) in [5, 5.41) is 12.7. The molecule has 0 saturated carbocycles. The number of nitrogens with zero attached hydrogens (tertiary/aromatic N) is 1. The quantitative estimate of drug-likeness (QED) is 0.893. The zero-order valence-corrected chi connectivity index (χ0v) is 12.2. The van der Waals surface area contributed by atoms with Crippen LogP contribution >= 0.6 is 24.8 Å². The van der Waals surface area contributed by atoms with E-state index in [0.29, 0.717) is 26.2 Å². The lowest BCUT2D eigenvalue weighted by atomic mass is 10.0. The summed E-state index contributed by atoms with van der Waals surface area (Å²) in [7, 11) is 0. The van der Waals surface area contributed by atoms with Crippen molar-refractivity contribution in [3.63, 3.8) is 0 Å². The molecule has 1 heterocycles. The third kappa shape index (κ3) is 4.41. The molecule has 0 amide bonds. The summed E-state index contributed by atoms with van der Waals surface area (Å²) in [5.41, 5.74) is -0.0492. The summed E-state index contributed by atoms with van der Waals surface area (Å²) in [6.07, 6.45) is -2.67. The van der Waals surface area contributed by atoms with Crippen molar-refractivity contribution in [1.82, 2.24) is 10.2 Å². The van der Waals surface area contributed by atoms with Crippen LogP contribution in [0, 0.1) is 5.82 Å². The Labute approximate surface area is 128 Å². The monoisotopic (exact) mass is 332 g/mol. The smallest absolute Gasteiger partial charge is 0.258 e. The SMILES string of the molecule is Cl.Cl.Oc1ccc(F)cc1[C@@H](C(F)F)N1CCNCC1. The van der Waals surface area contributed by atoms with Gasteiger partial charge in [0.2, 0.25) is 0 Å². The van der Waals surface area contributed by atoms with Crippen molar-refractivity contribution >= 4 is 24.8 Å². The molecule has 3 nitrogen and oxygen atoms in total. The number of phenolic OH excluding ortho intramolecular Hbond substituents is 1. The number of piperazine rings is 1. The number of rotatable bonds is 3. The molecule has 2 rings (SSSR count). The second-order valence-electron chi connectivity index (χ2n) is 4.27. The van der Waals surface area contributed by atoms with Crippen molar-refractivity contribution in [3.05, 3.63) is 29.6 Å². The minimum atomic E-state index is -2.67. The summed E-state index contributed by atoms with van der Waals surface area (Å²) < 4.78 is 39.5. The fourth-order valence-electron chi connectivity index (χ4n) is 2.21. The average molecular weight is 333 g/mol. The molecule has 1 aromatic carbocycles. The van der Waals surface area contributed by atoms with E-state index in [2.05, 4.69) is 5.32 Å². The number of hydrogen-bond acceptors (Lipinski definition) is 3. The molecule has 1 saturated heterocycles. The van der Waals surface area contributed by atoms with Gasteiger partial charge >= 0.3 is 0 Å². The first-order valence-corrected chi connectivity index (χ1v) is 5.81. The average Bonchev–Trinajstić information content (AvgIpc) is 2.35. The molecule has 8 heteroatoms. The van der Waals surface area contributed by atoms with Crippen LogP contribution in [0.25, 0.3) is 0 Å². The minimum absolute atomic E-state index is 0. The maximum absolute atomic E-state index is 13.2. The predicted octanol–water partition coefficient (Wildman–Crippen LogP) is 2.59. The molecule has 1 atom stereocenters. The highest BCUT2D eigenvalue weighted by atomic mass is 35.5. The molecule has 1 aromatic rings. The van der Waals surface area contributed by atoms with Crippen LogP contribution in [0.5, 0.6) is 5.75 Å². The first kappa shape index (κ1) is 19.3. The lowest BCUT2D eigenvalue weighted by molar-refractivity contribution is 0.0169. The summed E-state index contributed by atoms with van der Waals surface area (Å²) in [6.45, 7) is 2.12. The molecule has 0 aromatic heterocycles. The summed E-state index contributed by atoms with van der Waals surface area (Å²) in [5.74, 6) is -0.913. The molecule has 0 spiro atoms. The van der Waals surface area contributed by atoms with Gasteiger partial charge in [-0.1, -0.05) is 0 Å². The van der Waals surface area contributed by atoms with E-state index in [1.54, 1.807) is 4.90 Å². The van der Waals surface area contributed by atoms with Crippen LogP contribution in [-0.2, 0) is 0 Å². The normalized spacial score (nSPS) is 17.2. The van der Waals surface area contributed by atoms with Crippen LogP contribution in [0.15, 0.2) is 18.2 Å². The van der Waals surface area contributed by atoms with Gasteiger partial charge < -0.3 is 10.4 Å². The third-order valence-electron chi connectivity index (χ3n) is 3.09. The number of aromatic hydroxyl groups is 1. The number of alkyl halides is 2. The highest BCUT2D eigenvalue weighted by Gasteiger charge is 2.32. The highest BCUT2D eigenvalue weighted by Crippen LogP contribution is 2.33. The van der Waals surface area contributed by atoms with E-state index in [-0.39, 0.29) is 36.1 Å². The van der Waals surface area contributed by atoms with Gasteiger partial charge in [-0.25, -0.2) is 13.2 Å². The molecule has 0 radical (unpaired) electrons. The lowest BCUT2D eigenvalue weighted by Gasteiger charge is -2.34. The second kappa shape index (κ2) is 8.56. The van der Waals surface area contributed by atoms with Crippen molar-refractivity contribution in [2.75, 3.05) is 26.2 Å². The van der Waals surface area contributed by atoms with Crippen LogP contribution in [0.3, 0.4) is 0 Å². The van der Waals surface area contributed by atoms with Crippen LogP contribution in [0.1, 0.15) is 11.6 Å². The summed E-state index contributed by atoms with van der Waals surface area (Å²) in [4.78, 5) is 1.57. The number of benzene rings is 1. The van der Waals surface area contributed by atoms with E-state index in [9.17, 15) is 18.3 Å². The van der Waals surface area contributed by atoms with Gasteiger partial charge in [-0.05, 0) is 18.2 Å². The predicted molar refractivity (Wildman–Crippen MR) is 75.7 cm³/mol. The molecule has 2 N–H and O–H groups in total. The van der Waals surface area contributed by atoms with E-state index in [4.69, 9.17) is 0 Å². The fourth-order valence-corrected chi connectivity index (χ4v) is 2.21. The van der Waals surface area contributed by atoms with Crippen molar-refractivity contribution in [2.24, 2.45) is 0 Å². The molecule has 1 aliphatic heterocycles. The second-order valence-corrected chi connectivity index (χ2v) is 4.27. The Morgan fingerprint density at radius 1 is 1.15 bits per heavy atom. The van der Waals surface area contributed by atoms with Gasteiger partial charge in [0.25, 0.3) is 6.43 Å². The standard InChI is InChI=1S/C12H15F3N2O.2ClH/c13-8-1-2-10(18)9(7-8)11(12(14)15)17-5-3-16-4-6-17;;/h1-2,7,11-12,16,18H,3-6H2;2*1H/t11-;;/m0../s1. The third-order valence-corrected chi connectivity index (χ3v) is 3.09. The van der Waals surface area contributed by atoms with E-state index in [0.717, 1.165) is 18.2 Å².